The van der Waals surface area contributed by atoms with Crippen LogP contribution in [0.5, 0.6) is 5.75 Å². The molecule has 0 aromatic heterocycles. The van der Waals surface area contributed by atoms with Crippen LogP contribution in [0.3, 0.4) is 0 Å². The molecule has 2 unspecified atom stereocenters. The highest BCUT2D eigenvalue weighted by Gasteiger charge is 2.70. The second-order valence-electron chi connectivity index (χ2n) is 7.37. The second kappa shape index (κ2) is 7.55. The van der Waals surface area contributed by atoms with Crippen molar-refractivity contribution < 1.29 is 22.7 Å². The first kappa shape index (κ1) is 21.2. The Morgan fingerprint density at radius 3 is 2.40 bits per heavy atom. The molecule has 30 heavy (non-hydrogen) atoms. The average Bonchev–Trinajstić information content (AvgIpc) is 2.92. The standard InChI is InChI=1S/C21H19Cl2NO5S/c1-2-29-18-8-5-16(23)10-13(18)9-14-12-24-19(25)11-21(24,20(14)26)30(27,28)17-6-3-15(22)4-7-17/h3-8,10,14H,2,9,11-12H2,1H3. The van der Waals surface area contributed by atoms with Crippen molar-refractivity contribution in [2.45, 2.75) is 29.5 Å². The van der Waals surface area contributed by atoms with Crippen LogP contribution in [0.15, 0.2) is 47.4 Å². The van der Waals surface area contributed by atoms with Crippen molar-refractivity contribution in [1.82, 2.24) is 4.90 Å². The molecule has 4 rings (SSSR count). The van der Waals surface area contributed by atoms with Crippen LogP contribution < -0.4 is 4.74 Å². The maximum atomic E-state index is 13.4. The molecular formula is C21H19Cl2NO5S. The first-order chi connectivity index (χ1) is 14.2. The Bertz CT molecular complexity index is 1130. The summed E-state index contributed by atoms with van der Waals surface area (Å²) in [7, 11) is -4.11. The molecule has 2 saturated heterocycles. The van der Waals surface area contributed by atoms with Crippen LogP contribution in [0.1, 0.15) is 18.9 Å². The number of amides is 1. The first-order valence-electron chi connectivity index (χ1n) is 9.47. The normalized spacial score (nSPS) is 23.3. The van der Waals surface area contributed by atoms with Gasteiger partial charge in [0.1, 0.15) is 5.75 Å². The lowest BCUT2D eigenvalue weighted by Crippen LogP contribution is -2.67. The van der Waals surface area contributed by atoms with Crippen LogP contribution in [0.4, 0.5) is 0 Å². The monoisotopic (exact) mass is 467 g/mol. The Labute approximate surface area is 184 Å². The Balaban J connectivity index is 1.70. The van der Waals surface area contributed by atoms with E-state index in [1.807, 2.05) is 6.92 Å². The third kappa shape index (κ3) is 3.11. The van der Waals surface area contributed by atoms with Crippen molar-refractivity contribution in [3.63, 3.8) is 0 Å². The van der Waals surface area contributed by atoms with Gasteiger partial charge < -0.3 is 9.64 Å². The molecule has 6 nitrogen and oxygen atoms in total. The number of ether oxygens (including phenoxy) is 1. The summed E-state index contributed by atoms with van der Waals surface area (Å²) in [6.07, 6.45) is -0.114. The number of Topliss-reactive ketones (excluding diaryl/α,β-unsaturated/α-hetero) is 1. The number of nitrogens with zero attached hydrogens (tertiary/aromatic N) is 1. The van der Waals surface area contributed by atoms with E-state index >= 15 is 0 Å². The van der Waals surface area contributed by atoms with Gasteiger partial charge in [0.2, 0.25) is 20.6 Å². The predicted molar refractivity (Wildman–Crippen MR) is 113 cm³/mol. The maximum Gasteiger partial charge on any atom is 0.228 e. The van der Waals surface area contributed by atoms with Crippen LogP contribution in [0, 0.1) is 5.92 Å². The molecule has 2 aromatic rings. The minimum Gasteiger partial charge on any atom is -0.494 e. The van der Waals surface area contributed by atoms with Gasteiger partial charge in [-0.2, -0.15) is 0 Å². The van der Waals surface area contributed by atoms with Gasteiger partial charge in [-0.3, -0.25) is 9.59 Å². The van der Waals surface area contributed by atoms with Crippen molar-refractivity contribution in [3.8, 4) is 5.75 Å². The summed E-state index contributed by atoms with van der Waals surface area (Å²) in [5, 5.41) is 0.870. The number of halogens is 2. The fourth-order valence-corrected chi connectivity index (χ4v) is 6.62. The summed E-state index contributed by atoms with van der Waals surface area (Å²) < 4.78 is 32.4. The van der Waals surface area contributed by atoms with E-state index in [-0.39, 0.29) is 30.2 Å². The lowest BCUT2D eigenvalue weighted by molar-refractivity contribution is -0.150. The summed E-state index contributed by atoms with van der Waals surface area (Å²) in [5.74, 6) is -0.903. The van der Waals surface area contributed by atoms with Crippen molar-refractivity contribution in [3.05, 3.63) is 58.1 Å². The van der Waals surface area contributed by atoms with E-state index in [9.17, 15) is 18.0 Å². The first-order valence-corrected chi connectivity index (χ1v) is 11.7. The molecule has 0 saturated carbocycles. The summed E-state index contributed by atoms with van der Waals surface area (Å²) in [5.41, 5.74) is 0.705. The van der Waals surface area contributed by atoms with Crippen molar-refractivity contribution in [2.75, 3.05) is 13.2 Å². The molecule has 158 valence electrons. The van der Waals surface area contributed by atoms with Gasteiger partial charge in [0.25, 0.3) is 0 Å². The smallest absolute Gasteiger partial charge is 0.228 e. The van der Waals surface area contributed by atoms with Gasteiger partial charge in [0.15, 0.2) is 5.78 Å². The Hall–Kier alpha value is -2.09. The van der Waals surface area contributed by atoms with E-state index in [1.54, 1.807) is 18.2 Å². The van der Waals surface area contributed by atoms with Gasteiger partial charge in [-0.1, -0.05) is 23.2 Å². The number of hydrogen-bond donors (Lipinski definition) is 0. The number of fused-ring (bicyclic) bond motifs is 1. The number of carbonyl (C=O) groups is 2. The van der Waals surface area contributed by atoms with Crippen molar-refractivity contribution in [1.29, 1.82) is 0 Å². The third-order valence-corrected chi connectivity index (χ3v) is 8.48. The average molecular weight is 468 g/mol. The Morgan fingerprint density at radius 2 is 1.77 bits per heavy atom. The van der Waals surface area contributed by atoms with E-state index in [0.29, 0.717) is 28.0 Å². The van der Waals surface area contributed by atoms with E-state index < -0.39 is 26.4 Å². The topological polar surface area (TPSA) is 80.8 Å². The minimum absolute atomic E-state index is 0.0313. The second-order valence-corrected chi connectivity index (χ2v) is 10.4. The van der Waals surface area contributed by atoms with Gasteiger partial charge >= 0.3 is 0 Å². The Kier molecular flexibility index (Phi) is 5.33. The zero-order valence-corrected chi connectivity index (χ0v) is 18.4. The molecular weight excluding hydrogens is 449 g/mol. The molecule has 0 bridgehead atoms. The highest BCUT2D eigenvalue weighted by molar-refractivity contribution is 7.93. The van der Waals surface area contributed by atoms with Gasteiger partial charge in [0, 0.05) is 22.5 Å². The van der Waals surface area contributed by atoms with Crippen LogP contribution in [-0.2, 0) is 25.8 Å². The maximum absolute atomic E-state index is 13.4. The van der Waals surface area contributed by atoms with Crippen LogP contribution in [0.2, 0.25) is 10.0 Å². The zero-order chi connectivity index (χ0) is 21.7. The number of benzene rings is 2. The number of rotatable bonds is 6. The molecule has 0 aliphatic carbocycles. The summed E-state index contributed by atoms with van der Waals surface area (Å²) in [4.78, 5) is 25.0. The number of carbonyl (C=O) groups excluding carboxylic acids is 2. The van der Waals surface area contributed by atoms with Crippen molar-refractivity contribution >= 4 is 44.7 Å². The summed E-state index contributed by atoms with van der Waals surface area (Å²) in [6, 6.07) is 10.7. The molecule has 0 N–H and O–H groups in total. The minimum atomic E-state index is -4.11. The quantitative estimate of drug-likeness (QED) is 0.606. The molecule has 2 aromatic carbocycles. The van der Waals surface area contributed by atoms with E-state index in [1.165, 1.54) is 29.2 Å². The molecule has 1 amide bonds. The highest BCUT2D eigenvalue weighted by Crippen LogP contribution is 2.49. The highest BCUT2D eigenvalue weighted by atomic mass is 35.5. The number of ketones is 1. The molecule has 9 heteroatoms. The molecule has 2 heterocycles. The molecule has 2 aliphatic heterocycles. The largest absolute Gasteiger partial charge is 0.494 e. The van der Waals surface area contributed by atoms with Crippen LogP contribution in [0.25, 0.3) is 0 Å². The lowest BCUT2D eigenvalue weighted by Gasteiger charge is -2.44. The number of sulfone groups is 1. The van der Waals surface area contributed by atoms with Gasteiger partial charge in [-0.25, -0.2) is 8.42 Å². The van der Waals surface area contributed by atoms with Gasteiger partial charge in [-0.05, 0) is 61.4 Å². The summed E-state index contributed by atoms with van der Waals surface area (Å²) >= 11 is 12.0. The van der Waals surface area contributed by atoms with Gasteiger partial charge in [-0.15, -0.1) is 0 Å². The SMILES string of the molecule is CCOc1ccc(Cl)cc1CC1CN2C(=O)CC2(S(=O)(=O)c2ccc(Cl)cc2)C1=O. The predicted octanol–water partition coefficient (Wildman–Crippen LogP) is 3.54. The van der Waals surface area contributed by atoms with Gasteiger partial charge in [0.05, 0.1) is 17.9 Å². The lowest BCUT2D eigenvalue weighted by atomic mass is 9.92. The van der Waals surface area contributed by atoms with E-state index in [0.717, 1.165) is 0 Å². The van der Waals surface area contributed by atoms with Crippen LogP contribution in [-0.4, -0.2) is 43.0 Å². The molecule has 0 spiro atoms. The van der Waals surface area contributed by atoms with E-state index in [2.05, 4.69) is 0 Å². The van der Waals surface area contributed by atoms with Crippen molar-refractivity contribution in [2.24, 2.45) is 5.92 Å². The Morgan fingerprint density at radius 1 is 1.10 bits per heavy atom. The third-order valence-electron chi connectivity index (χ3n) is 5.64. The zero-order valence-electron chi connectivity index (χ0n) is 16.1. The fourth-order valence-electron chi connectivity index (χ4n) is 4.21. The molecule has 2 fully saturated rings. The summed E-state index contributed by atoms with van der Waals surface area (Å²) in [6.45, 7) is 2.33. The number of β-lactam (4-membered cyclic amide) rings is 1. The number of hydrogen-bond acceptors (Lipinski definition) is 5. The molecule has 2 atom stereocenters. The molecule has 2 aliphatic rings. The fraction of sp³-hybridized carbons (Fsp3) is 0.333. The molecule has 0 radical (unpaired) electrons. The van der Waals surface area contributed by atoms with E-state index in [4.69, 9.17) is 27.9 Å². The van der Waals surface area contributed by atoms with Crippen LogP contribution >= 0.6 is 23.2 Å².